The zero-order valence-corrected chi connectivity index (χ0v) is 55.1. The molecule has 10 atom stereocenters. The van der Waals surface area contributed by atoms with Crippen molar-refractivity contribution in [3.05, 3.63) is 136 Å². The van der Waals surface area contributed by atoms with Crippen molar-refractivity contribution >= 4 is 47.0 Å². The van der Waals surface area contributed by atoms with E-state index in [9.17, 15) is 33.6 Å². The summed E-state index contributed by atoms with van der Waals surface area (Å²) < 4.78 is 6.42. The molecule has 480 valence electrons. The van der Waals surface area contributed by atoms with Crippen molar-refractivity contribution < 1.29 is 43.1 Å². The molecule has 0 saturated carbocycles. The molecule has 89 heavy (non-hydrogen) atoms. The van der Waals surface area contributed by atoms with E-state index in [1.807, 2.05) is 137 Å². The number of nitrogens with zero attached hydrogens (tertiary/aromatic N) is 2. The molecule has 8 rings (SSSR count). The van der Waals surface area contributed by atoms with Gasteiger partial charge in [-0.3, -0.25) is 38.4 Å². The number of fused-ring (bicyclic) bond motifs is 3. The summed E-state index contributed by atoms with van der Waals surface area (Å²) in [7, 11) is 1.67. The van der Waals surface area contributed by atoms with Gasteiger partial charge in [0, 0.05) is 55.8 Å². The highest BCUT2D eigenvalue weighted by atomic mass is 16.5. The summed E-state index contributed by atoms with van der Waals surface area (Å²) in [5, 5.41) is 15.3. The number of carbonyl (C=O) groups is 8. The first-order valence-corrected chi connectivity index (χ1v) is 32.6. The van der Waals surface area contributed by atoms with Crippen molar-refractivity contribution in [1.82, 2.24) is 36.4 Å². The van der Waals surface area contributed by atoms with Crippen molar-refractivity contribution in [2.45, 2.75) is 221 Å². The van der Waals surface area contributed by atoms with Crippen molar-refractivity contribution in [3.63, 3.8) is 0 Å². The van der Waals surface area contributed by atoms with Gasteiger partial charge >= 0.3 is 0 Å². The first-order valence-electron chi connectivity index (χ1n) is 32.6. The molecule has 6 amide bonds. The normalized spacial score (nSPS) is 20.9. The molecular formula is C73H99N7O9. The number of likely N-dealkylation sites (N-methyl/N-ethyl adjacent to an activating group) is 1. The van der Waals surface area contributed by atoms with Gasteiger partial charge in [0.25, 0.3) is 5.91 Å². The van der Waals surface area contributed by atoms with Crippen LogP contribution in [0.1, 0.15) is 202 Å². The molecule has 4 aliphatic rings. The molecule has 4 unspecified atom stereocenters. The van der Waals surface area contributed by atoms with Gasteiger partial charge < -0.3 is 41.1 Å². The molecule has 1 fully saturated rings. The van der Waals surface area contributed by atoms with Gasteiger partial charge in [-0.15, -0.1) is 0 Å². The monoisotopic (exact) mass is 1220 g/mol. The third-order valence-electron chi connectivity index (χ3n) is 19.1. The number of hydrogen-bond acceptors (Lipinski definition) is 10. The SMILES string of the molecule is CCC[C@@H](C)C(=O)N[C@H](C(=O)C[C@H](C(=O)N1Cc2cc(OCc3ccc(C(=O)NC4CC(C(=O)NC5CCCc6ccccc65)N(C(=O)[C@@H](NC(=O)[C@H](C)NC)C(C)(C)C)C4)cc3)ccc2CC1C(=O)C[C@@H]1CCCc2ccccc21)C(C)(C)C)C(C)(C)C. The van der Waals surface area contributed by atoms with E-state index in [0.29, 0.717) is 30.6 Å². The quantitative estimate of drug-likeness (QED) is 0.0502. The number of carbonyl (C=O) groups excluding carboxylic acids is 8. The second kappa shape index (κ2) is 28.7. The van der Waals surface area contributed by atoms with Gasteiger partial charge in [-0.2, -0.15) is 0 Å². The molecule has 0 bridgehead atoms. The summed E-state index contributed by atoms with van der Waals surface area (Å²) >= 11 is 0. The Bertz CT molecular complexity index is 3230. The molecule has 4 aromatic rings. The van der Waals surface area contributed by atoms with Crippen LogP contribution < -0.4 is 31.3 Å². The van der Waals surface area contributed by atoms with E-state index in [1.165, 1.54) is 21.6 Å². The summed E-state index contributed by atoms with van der Waals surface area (Å²) in [5.74, 6) is -2.58. The number of nitrogens with one attached hydrogen (secondary N) is 5. The Morgan fingerprint density at radius 1 is 0.652 bits per heavy atom. The van der Waals surface area contributed by atoms with Crippen LogP contribution in [0.4, 0.5) is 0 Å². The van der Waals surface area contributed by atoms with Crippen LogP contribution in [0.3, 0.4) is 0 Å². The minimum absolute atomic E-state index is 0.00743. The first kappa shape index (κ1) is 67.7. The van der Waals surface area contributed by atoms with E-state index in [4.69, 9.17) is 4.74 Å². The molecule has 0 aromatic heterocycles. The summed E-state index contributed by atoms with van der Waals surface area (Å²) in [5.41, 5.74) is 5.63. The number of Topliss-reactive ketones (excluding diaryl/α,β-unsaturated/α-hetero) is 2. The topological polar surface area (TPSA) is 212 Å². The Labute approximate surface area is 528 Å². The van der Waals surface area contributed by atoms with Crippen LogP contribution in [0.2, 0.25) is 0 Å². The predicted octanol–water partition coefficient (Wildman–Crippen LogP) is 10.2. The minimum atomic E-state index is -0.955. The molecule has 4 aromatic carbocycles. The molecular weight excluding hydrogens is 1120 g/mol. The van der Waals surface area contributed by atoms with Crippen molar-refractivity contribution in [2.75, 3.05) is 13.6 Å². The van der Waals surface area contributed by atoms with Crippen molar-refractivity contribution in [3.8, 4) is 5.75 Å². The smallest absolute Gasteiger partial charge is 0.251 e. The largest absolute Gasteiger partial charge is 0.489 e. The first-order chi connectivity index (χ1) is 42.1. The van der Waals surface area contributed by atoms with Crippen LogP contribution in [0, 0.1) is 28.1 Å². The molecule has 0 radical (unpaired) electrons. The van der Waals surface area contributed by atoms with Gasteiger partial charge in [0.15, 0.2) is 11.6 Å². The van der Waals surface area contributed by atoms with Crippen LogP contribution in [0.15, 0.2) is 91.0 Å². The second-order valence-electron chi connectivity index (χ2n) is 29.0. The van der Waals surface area contributed by atoms with Crippen molar-refractivity contribution in [1.29, 1.82) is 0 Å². The zero-order chi connectivity index (χ0) is 64.7. The van der Waals surface area contributed by atoms with E-state index in [-0.39, 0.29) is 91.5 Å². The lowest BCUT2D eigenvalue weighted by Gasteiger charge is -2.42. The Kier molecular flexibility index (Phi) is 21.9. The van der Waals surface area contributed by atoms with E-state index in [1.54, 1.807) is 31.0 Å². The number of hydrogen-bond donors (Lipinski definition) is 5. The molecule has 5 N–H and O–H groups in total. The maximum absolute atomic E-state index is 15.5. The molecule has 0 spiro atoms. The summed E-state index contributed by atoms with van der Waals surface area (Å²) in [4.78, 5) is 118. The summed E-state index contributed by atoms with van der Waals surface area (Å²) in [6.45, 7) is 23.2. The van der Waals surface area contributed by atoms with Crippen LogP contribution in [-0.4, -0.2) is 107 Å². The predicted molar refractivity (Wildman–Crippen MR) is 347 cm³/mol. The summed E-state index contributed by atoms with van der Waals surface area (Å²) in [6.07, 6.45) is 7.61. The van der Waals surface area contributed by atoms with E-state index >= 15 is 4.79 Å². The Balaban J connectivity index is 0.978. The van der Waals surface area contributed by atoms with Gasteiger partial charge in [-0.25, -0.2) is 0 Å². The molecule has 2 aliphatic carbocycles. The molecule has 16 nitrogen and oxygen atoms in total. The second-order valence-corrected chi connectivity index (χ2v) is 29.0. The zero-order valence-electron chi connectivity index (χ0n) is 55.1. The number of rotatable bonds is 22. The Morgan fingerprint density at radius 3 is 1.92 bits per heavy atom. The van der Waals surface area contributed by atoms with E-state index in [0.717, 1.165) is 67.2 Å². The standard InChI is InChI=1S/C73H99N7O9/c1-14-21-44(2)65(83)77-63(72(7,8)9)62(82)40-57(71(4,5)6)69(87)79-41-52-36-54(35-34-50(52)37-59(79)61(81)38-51-26-19-24-47-22-15-17-27-55(47)51)89-43-46-30-32-49(33-31-46)67(85)75-53-39-60(68(86)76-58-29-20-25-48-23-16-18-28-56(48)58)80(42-53)70(88)64(73(10,11)12)78-66(84)45(3)74-13/h15-18,22-23,27-28,30-36,44-45,51,53,57-60,63-64,74H,14,19-21,24-26,29,37-43H2,1-13H3,(H,75,85)(H,76,86)(H,77,83)(H,78,84)/t44-,45+,51+,53?,57-,58?,59?,60?,63-,64-/m1/s1. The fraction of sp³-hybridized carbons (Fsp3) is 0.562. The van der Waals surface area contributed by atoms with Crippen molar-refractivity contribution in [2.24, 2.45) is 28.1 Å². The van der Waals surface area contributed by atoms with Gasteiger partial charge in [-0.05, 0) is 151 Å². The maximum Gasteiger partial charge on any atom is 0.251 e. The van der Waals surface area contributed by atoms with Gasteiger partial charge in [0.2, 0.25) is 29.5 Å². The van der Waals surface area contributed by atoms with E-state index < -0.39 is 64.3 Å². The maximum atomic E-state index is 15.5. The van der Waals surface area contributed by atoms with Crippen LogP contribution >= 0.6 is 0 Å². The average Bonchev–Trinajstić information content (AvgIpc) is 1.75. The number of amides is 6. The van der Waals surface area contributed by atoms with Gasteiger partial charge in [-0.1, -0.05) is 149 Å². The molecule has 2 heterocycles. The lowest BCUT2D eigenvalue weighted by molar-refractivity contribution is -0.149. The lowest BCUT2D eigenvalue weighted by atomic mass is 9.73. The molecule has 16 heteroatoms. The van der Waals surface area contributed by atoms with Crippen LogP contribution in [0.25, 0.3) is 0 Å². The Morgan fingerprint density at radius 2 is 1.28 bits per heavy atom. The fourth-order valence-corrected chi connectivity index (χ4v) is 13.5. The highest BCUT2D eigenvalue weighted by molar-refractivity contribution is 5.97. The fourth-order valence-electron chi connectivity index (χ4n) is 13.5. The molecule has 1 saturated heterocycles. The number of likely N-dealkylation sites (tertiary alicyclic amines) is 1. The summed E-state index contributed by atoms with van der Waals surface area (Å²) in [6, 6.07) is 24.5. The number of aryl methyl sites for hydroxylation is 2. The van der Waals surface area contributed by atoms with Gasteiger partial charge in [0.1, 0.15) is 24.4 Å². The Hall–Kier alpha value is -7.20. The third-order valence-corrected chi connectivity index (χ3v) is 19.1. The number of benzene rings is 4. The minimum Gasteiger partial charge on any atom is -0.489 e. The lowest BCUT2D eigenvalue weighted by Crippen LogP contribution is -2.59. The van der Waals surface area contributed by atoms with E-state index in [2.05, 4.69) is 44.8 Å². The third kappa shape index (κ3) is 16.6. The number of ketones is 2. The van der Waals surface area contributed by atoms with Crippen LogP contribution in [-0.2, 0) is 66.0 Å². The van der Waals surface area contributed by atoms with Crippen LogP contribution in [0.5, 0.6) is 5.75 Å². The molecule has 2 aliphatic heterocycles. The average molecular weight is 1220 g/mol. The number of ether oxygens (including phenoxy) is 1. The highest BCUT2D eigenvalue weighted by Crippen LogP contribution is 2.40. The highest BCUT2D eigenvalue weighted by Gasteiger charge is 2.48. The van der Waals surface area contributed by atoms with Gasteiger partial charge in [0.05, 0.1) is 24.2 Å².